The summed E-state index contributed by atoms with van der Waals surface area (Å²) in [5.41, 5.74) is -0.795. The molecule has 0 aromatic rings. The topological polar surface area (TPSA) is 53.3 Å². The smallest absolute Gasteiger partial charge is 0.243 e. The number of nitriles is 1. The molecule has 0 atom stereocenters. The SMILES string of the molecule is C=CCN(CCOC)C(=O)C1(C#N)CCCC1. The molecule has 1 fully saturated rings. The van der Waals surface area contributed by atoms with Crippen molar-refractivity contribution >= 4 is 5.91 Å². The lowest BCUT2D eigenvalue weighted by Crippen LogP contribution is -2.43. The van der Waals surface area contributed by atoms with Crippen LogP contribution in [0.5, 0.6) is 0 Å². The lowest BCUT2D eigenvalue weighted by Gasteiger charge is -2.28. The Bertz CT molecular complexity index is 314. The third kappa shape index (κ3) is 3.07. The van der Waals surface area contributed by atoms with Gasteiger partial charge in [0.1, 0.15) is 5.41 Å². The summed E-state index contributed by atoms with van der Waals surface area (Å²) in [5, 5.41) is 9.27. The van der Waals surface area contributed by atoms with Crippen LogP contribution in [0, 0.1) is 16.7 Å². The van der Waals surface area contributed by atoms with Gasteiger partial charge in [0, 0.05) is 20.2 Å². The van der Waals surface area contributed by atoms with Crippen molar-refractivity contribution in [2.75, 3.05) is 26.8 Å². The zero-order valence-electron chi connectivity index (χ0n) is 10.4. The van der Waals surface area contributed by atoms with Crippen molar-refractivity contribution in [2.45, 2.75) is 25.7 Å². The average Bonchev–Trinajstić information content (AvgIpc) is 2.83. The fourth-order valence-electron chi connectivity index (χ4n) is 2.29. The highest BCUT2D eigenvalue weighted by Gasteiger charge is 2.43. The highest BCUT2D eigenvalue weighted by molar-refractivity contribution is 5.86. The molecular formula is C13H20N2O2. The molecule has 1 amide bonds. The van der Waals surface area contributed by atoms with E-state index in [2.05, 4.69) is 12.6 Å². The first-order valence-corrected chi connectivity index (χ1v) is 6.00. The monoisotopic (exact) mass is 236 g/mol. The van der Waals surface area contributed by atoms with Crippen molar-refractivity contribution in [2.24, 2.45) is 5.41 Å². The van der Waals surface area contributed by atoms with Gasteiger partial charge >= 0.3 is 0 Å². The van der Waals surface area contributed by atoms with Crippen molar-refractivity contribution in [3.63, 3.8) is 0 Å². The van der Waals surface area contributed by atoms with Crippen molar-refractivity contribution in [1.82, 2.24) is 4.90 Å². The number of hydrogen-bond donors (Lipinski definition) is 0. The second-order valence-electron chi connectivity index (χ2n) is 4.43. The third-order valence-corrected chi connectivity index (χ3v) is 3.28. The van der Waals surface area contributed by atoms with Gasteiger partial charge in [-0.15, -0.1) is 6.58 Å². The lowest BCUT2D eigenvalue weighted by molar-refractivity contribution is -0.138. The van der Waals surface area contributed by atoms with Crippen LogP contribution in [0.25, 0.3) is 0 Å². The second-order valence-corrected chi connectivity index (χ2v) is 4.43. The molecule has 17 heavy (non-hydrogen) atoms. The molecule has 94 valence electrons. The van der Waals surface area contributed by atoms with E-state index in [1.54, 1.807) is 18.1 Å². The highest BCUT2D eigenvalue weighted by atomic mass is 16.5. The van der Waals surface area contributed by atoms with Gasteiger partial charge in [0.05, 0.1) is 12.7 Å². The number of nitrogens with zero attached hydrogens (tertiary/aromatic N) is 2. The lowest BCUT2D eigenvalue weighted by atomic mass is 9.86. The summed E-state index contributed by atoms with van der Waals surface area (Å²) in [7, 11) is 1.60. The predicted molar refractivity (Wildman–Crippen MR) is 65.2 cm³/mol. The molecule has 0 spiro atoms. The summed E-state index contributed by atoms with van der Waals surface area (Å²) in [4.78, 5) is 14.1. The Hall–Kier alpha value is -1.34. The molecule has 4 heteroatoms. The van der Waals surface area contributed by atoms with Crippen LogP contribution in [0.3, 0.4) is 0 Å². The normalized spacial score (nSPS) is 17.4. The van der Waals surface area contributed by atoms with Crippen LogP contribution in [0.2, 0.25) is 0 Å². The van der Waals surface area contributed by atoms with Crippen LogP contribution in [0.4, 0.5) is 0 Å². The average molecular weight is 236 g/mol. The maximum absolute atomic E-state index is 12.4. The predicted octanol–water partition coefficient (Wildman–Crippen LogP) is 1.73. The van der Waals surface area contributed by atoms with Crippen molar-refractivity contribution in [3.8, 4) is 6.07 Å². The summed E-state index contributed by atoms with van der Waals surface area (Å²) in [5.74, 6) is -0.0607. The number of carbonyl (C=O) groups excluding carboxylic acids is 1. The maximum Gasteiger partial charge on any atom is 0.243 e. The van der Waals surface area contributed by atoms with Gasteiger partial charge in [0.15, 0.2) is 0 Å². The first-order valence-electron chi connectivity index (χ1n) is 6.00. The summed E-state index contributed by atoms with van der Waals surface area (Å²) in [6.07, 6.45) is 4.98. The van der Waals surface area contributed by atoms with E-state index in [1.165, 1.54) is 0 Å². The van der Waals surface area contributed by atoms with Gasteiger partial charge in [0.2, 0.25) is 5.91 Å². The molecule has 0 unspecified atom stereocenters. The maximum atomic E-state index is 12.4. The number of ether oxygens (including phenoxy) is 1. The minimum absolute atomic E-state index is 0.0607. The van der Waals surface area contributed by atoms with Gasteiger partial charge in [0.25, 0.3) is 0 Å². The van der Waals surface area contributed by atoms with E-state index in [1.807, 2.05) is 0 Å². The quantitative estimate of drug-likeness (QED) is 0.660. The van der Waals surface area contributed by atoms with Crippen LogP contribution in [0.1, 0.15) is 25.7 Å². The van der Waals surface area contributed by atoms with Crippen LogP contribution < -0.4 is 0 Å². The number of methoxy groups -OCH3 is 1. The first kappa shape index (κ1) is 13.7. The van der Waals surface area contributed by atoms with E-state index in [0.717, 1.165) is 12.8 Å². The van der Waals surface area contributed by atoms with Gasteiger partial charge in [-0.25, -0.2) is 0 Å². The molecule has 0 heterocycles. The van der Waals surface area contributed by atoms with E-state index in [0.29, 0.717) is 32.5 Å². The molecule has 1 aliphatic carbocycles. The Kier molecular flexibility index (Phi) is 5.17. The molecule has 0 N–H and O–H groups in total. The van der Waals surface area contributed by atoms with Gasteiger partial charge in [-0.2, -0.15) is 5.26 Å². The Labute approximate surface area is 103 Å². The second kappa shape index (κ2) is 6.41. The van der Waals surface area contributed by atoms with Crippen LogP contribution >= 0.6 is 0 Å². The number of rotatable bonds is 6. The van der Waals surface area contributed by atoms with E-state index in [9.17, 15) is 10.1 Å². The Morgan fingerprint density at radius 1 is 1.59 bits per heavy atom. The van der Waals surface area contributed by atoms with Gasteiger partial charge in [-0.05, 0) is 12.8 Å². The Morgan fingerprint density at radius 2 is 2.24 bits per heavy atom. The van der Waals surface area contributed by atoms with E-state index < -0.39 is 5.41 Å². The summed E-state index contributed by atoms with van der Waals surface area (Å²) in [6.45, 7) is 5.13. The van der Waals surface area contributed by atoms with Crippen molar-refractivity contribution in [3.05, 3.63) is 12.7 Å². The summed E-state index contributed by atoms with van der Waals surface area (Å²) < 4.78 is 4.99. The zero-order chi connectivity index (χ0) is 12.7. The van der Waals surface area contributed by atoms with Crippen LogP contribution in [-0.2, 0) is 9.53 Å². The van der Waals surface area contributed by atoms with E-state index in [4.69, 9.17) is 4.74 Å². The number of carbonyl (C=O) groups is 1. The minimum atomic E-state index is -0.795. The summed E-state index contributed by atoms with van der Waals surface area (Å²) in [6, 6.07) is 2.23. The van der Waals surface area contributed by atoms with Gasteiger partial charge in [-0.3, -0.25) is 4.79 Å². The fraction of sp³-hybridized carbons (Fsp3) is 0.692. The molecule has 4 nitrogen and oxygen atoms in total. The molecule has 1 aliphatic rings. The first-order chi connectivity index (χ1) is 8.20. The number of hydrogen-bond acceptors (Lipinski definition) is 3. The molecule has 0 radical (unpaired) electrons. The number of amides is 1. The standard InChI is InChI=1S/C13H20N2O2/c1-3-8-15(9-10-17-2)12(16)13(11-14)6-4-5-7-13/h3H,1,4-10H2,2H3. The summed E-state index contributed by atoms with van der Waals surface area (Å²) >= 11 is 0. The molecule has 0 saturated heterocycles. The molecule has 0 aromatic carbocycles. The third-order valence-electron chi connectivity index (χ3n) is 3.28. The zero-order valence-corrected chi connectivity index (χ0v) is 10.4. The highest BCUT2D eigenvalue weighted by Crippen LogP contribution is 2.39. The van der Waals surface area contributed by atoms with Gasteiger partial charge < -0.3 is 9.64 Å². The fourth-order valence-corrected chi connectivity index (χ4v) is 2.29. The van der Waals surface area contributed by atoms with Crippen LogP contribution in [0.15, 0.2) is 12.7 Å². The van der Waals surface area contributed by atoms with Crippen molar-refractivity contribution in [1.29, 1.82) is 5.26 Å². The largest absolute Gasteiger partial charge is 0.383 e. The molecule has 0 bridgehead atoms. The molecule has 0 aliphatic heterocycles. The van der Waals surface area contributed by atoms with E-state index in [-0.39, 0.29) is 5.91 Å². The van der Waals surface area contributed by atoms with E-state index >= 15 is 0 Å². The molecule has 1 rings (SSSR count). The molecule has 1 saturated carbocycles. The van der Waals surface area contributed by atoms with Crippen molar-refractivity contribution < 1.29 is 9.53 Å². The van der Waals surface area contributed by atoms with Crippen LogP contribution in [-0.4, -0.2) is 37.6 Å². The van der Waals surface area contributed by atoms with Gasteiger partial charge in [-0.1, -0.05) is 18.9 Å². The minimum Gasteiger partial charge on any atom is -0.383 e. The molecular weight excluding hydrogens is 216 g/mol. The molecule has 0 aromatic heterocycles. The Balaban J connectivity index is 2.75. The Morgan fingerprint density at radius 3 is 2.71 bits per heavy atom.